The summed E-state index contributed by atoms with van der Waals surface area (Å²) < 4.78 is 94.2. The standard InChI is InChI=1S/C25H27F3N4O5S2/c1-17-8-9-18(2)23(14-17)32(39(36,37)31(3)4)16-24(33)29-20-10-12-22(13-11-20)38(34,35)30-21-7-5-6-19(15-21)25(26,27)28/h5-15,30H,16H2,1-4H3,(H,29,33). The Hall–Kier alpha value is -3.62. The number of hydrogen-bond acceptors (Lipinski definition) is 5. The van der Waals surface area contributed by atoms with Crippen LogP contribution in [0.4, 0.5) is 30.2 Å². The molecule has 0 heterocycles. The van der Waals surface area contributed by atoms with Crippen molar-refractivity contribution >= 4 is 43.2 Å². The second-order valence-electron chi connectivity index (χ2n) is 8.84. The molecule has 9 nitrogen and oxygen atoms in total. The molecule has 0 atom stereocenters. The van der Waals surface area contributed by atoms with Gasteiger partial charge in [0.15, 0.2) is 0 Å². The van der Waals surface area contributed by atoms with E-state index in [2.05, 4.69) is 10.0 Å². The predicted molar refractivity (Wildman–Crippen MR) is 143 cm³/mol. The van der Waals surface area contributed by atoms with Crippen molar-refractivity contribution in [2.45, 2.75) is 24.9 Å². The maximum absolute atomic E-state index is 13.0. The number of alkyl halides is 3. The molecule has 3 aromatic carbocycles. The van der Waals surface area contributed by atoms with Crippen LogP contribution < -0.4 is 14.3 Å². The lowest BCUT2D eigenvalue weighted by atomic mass is 10.1. The molecule has 0 bridgehead atoms. The third kappa shape index (κ3) is 7.28. The van der Waals surface area contributed by atoms with Gasteiger partial charge in [-0.1, -0.05) is 18.2 Å². The lowest BCUT2D eigenvalue weighted by Crippen LogP contribution is -2.44. The smallest absolute Gasteiger partial charge is 0.325 e. The van der Waals surface area contributed by atoms with Gasteiger partial charge in [-0.25, -0.2) is 12.7 Å². The summed E-state index contributed by atoms with van der Waals surface area (Å²) >= 11 is 0. The van der Waals surface area contributed by atoms with E-state index in [1.807, 2.05) is 6.07 Å². The SMILES string of the molecule is Cc1ccc(C)c(N(CC(=O)Nc2ccc(S(=O)(=O)Nc3cccc(C(F)(F)F)c3)cc2)S(=O)(=O)N(C)C)c1. The average Bonchev–Trinajstić information content (AvgIpc) is 2.83. The molecule has 3 aromatic rings. The molecule has 3 rings (SSSR count). The van der Waals surface area contributed by atoms with Gasteiger partial charge in [0.2, 0.25) is 5.91 Å². The van der Waals surface area contributed by atoms with Crippen LogP contribution in [0.25, 0.3) is 0 Å². The van der Waals surface area contributed by atoms with Crippen LogP contribution in [-0.4, -0.2) is 47.7 Å². The van der Waals surface area contributed by atoms with E-state index in [-0.39, 0.29) is 16.3 Å². The summed E-state index contributed by atoms with van der Waals surface area (Å²) in [5.41, 5.74) is 0.678. The molecular formula is C25H27F3N4O5S2. The van der Waals surface area contributed by atoms with E-state index in [4.69, 9.17) is 0 Å². The number of sulfonamides is 1. The first kappa shape index (κ1) is 29.9. The molecule has 0 aliphatic carbocycles. The van der Waals surface area contributed by atoms with Crippen LogP contribution in [0.15, 0.2) is 71.6 Å². The molecule has 0 spiro atoms. The Morgan fingerprint density at radius 2 is 1.51 bits per heavy atom. The third-order valence-corrected chi connectivity index (χ3v) is 8.75. The van der Waals surface area contributed by atoms with Crippen LogP contribution in [0, 0.1) is 13.8 Å². The zero-order valence-corrected chi connectivity index (χ0v) is 23.1. The molecule has 0 saturated heterocycles. The summed E-state index contributed by atoms with van der Waals surface area (Å²) in [6, 6.07) is 13.8. The minimum Gasteiger partial charge on any atom is -0.325 e. The van der Waals surface area contributed by atoms with Crippen molar-refractivity contribution in [3.05, 3.63) is 83.4 Å². The van der Waals surface area contributed by atoms with E-state index >= 15 is 0 Å². The van der Waals surface area contributed by atoms with Gasteiger partial charge in [-0.05, 0) is 73.5 Å². The predicted octanol–water partition coefficient (Wildman–Crippen LogP) is 4.37. The quantitative estimate of drug-likeness (QED) is 0.388. The summed E-state index contributed by atoms with van der Waals surface area (Å²) in [5.74, 6) is -0.681. The van der Waals surface area contributed by atoms with Gasteiger partial charge in [-0.15, -0.1) is 0 Å². The lowest BCUT2D eigenvalue weighted by Gasteiger charge is -2.28. The molecule has 0 radical (unpaired) electrons. The average molecular weight is 585 g/mol. The number of rotatable bonds is 9. The van der Waals surface area contributed by atoms with Crippen LogP contribution in [0.1, 0.15) is 16.7 Å². The molecular weight excluding hydrogens is 557 g/mol. The van der Waals surface area contributed by atoms with Crippen molar-refractivity contribution < 1.29 is 34.8 Å². The Kier molecular flexibility index (Phi) is 8.63. The summed E-state index contributed by atoms with van der Waals surface area (Å²) in [6.07, 6.45) is -4.64. The maximum atomic E-state index is 13.0. The molecule has 210 valence electrons. The Morgan fingerprint density at radius 3 is 2.10 bits per heavy atom. The fourth-order valence-electron chi connectivity index (χ4n) is 3.50. The number of hydrogen-bond donors (Lipinski definition) is 2. The van der Waals surface area contributed by atoms with Gasteiger partial charge in [0, 0.05) is 25.5 Å². The van der Waals surface area contributed by atoms with Gasteiger partial charge in [0.25, 0.3) is 10.0 Å². The van der Waals surface area contributed by atoms with Gasteiger partial charge in [0.05, 0.1) is 16.1 Å². The highest BCUT2D eigenvalue weighted by Gasteiger charge is 2.31. The number of anilines is 3. The van der Waals surface area contributed by atoms with Gasteiger partial charge in [0.1, 0.15) is 6.54 Å². The minimum absolute atomic E-state index is 0.182. The lowest BCUT2D eigenvalue weighted by molar-refractivity contribution is -0.137. The molecule has 0 fully saturated rings. The van der Waals surface area contributed by atoms with Crippen molar-refractivity contribution in [1.82, 2.24) is 4.31 Å². The molecule has 1 amide bonds. The fraction of sp³-hybridized carbons (Fsp3) is 0.240. The van der Waals surface area contributed by atoms with Crippen LogP contribution in [0.5, 0.6) is 0 Å². The summed E-state index contributed by atoms with van der Waals surface area (Å²) in [5, 5.41) is 2.54. The summed E-state index contributed by atoms with van der Waals surface area (Å²) in [6.45, 7) is 2.96. The summed E-state index contributed by atoms with van der Waals surface area (Å²) in [4.78, 5) is 12.6. The van der Waals surface area contributed by atoms with Crippen molar-refractivity contribution in [3.63, 3.8) is 0 Å². The first-order valence-corrected chi connectivity index (χ1v) is 14.3. The van der Waals surface area contributed by atoms with E-state index < -0.39 is 44.4 Å². The number of nitrogens with zero attached hydrogens (tertiary/aromatic N) is 2. The van der Waals surface area contributed by atoms with E-state index in [0.29, 0.717) is 17.3 Å². The summed E-state index contributed by atoms with van der Waals surface area (Å²) in [7, 11) is -5.59. The number of aryl methyl sites for hydroxylation is 2. The Balaban J connectivity index is 1.78. The van der Waals surface area contributed by atoms with Crippen molar-refractivity contribution in [1.29, 1.82) is 0 Å². The number of carbonyl (C=O) groups excluding carboxylic acids is 1. The van der Waals surface area contributed by atoms with Crippen LogP contribution in [-0.2, 0) is 31.2 Å². The number of nitrogens with one attached hydrogen (secondary N) is 2. The highest BCUT2D eigenvalue weighted by molar-refractivity contribution is 7.92. The molecule has 2 N–H and O–H groups in total. The molecule has 39 heavy (non-hydrogen) atoms. The normalized spacial score (nSPS) is 12.3. The highest BCUT2D eigenvalue weighted by Crippen LogP contribution is 2.31. The van der Waals surface area contributed by atoms with E-state index in [0.717, 1.165) is 38.4 Å². The van der Waals surface area contributed by atoms with Gasteiger partial charge >= 0.3 is 16.4 Å². The maximum Gasteiger partial charge on any atom is 0.416 e. The molecule has 0 aliphatic rings. The topological polar surface area (TPSA) is 116 Å². The first-order valence-electron chi connectivity index (χ1n) is 11.4. The molecule has 0 saturated carbocycles. The van der Waals surface area contributed by atoms with E-state index in [9.17, 15) is 34.8 Å². The van der Waals surface area contributed by atoms with Crippen molar-refractivity contribution in [2.75, 3.05) is 35.0 Å². The fourth-order valence-corrected chi connectivity index (χ4v) is 5.67. The number of benzene rings is 3. The van der Waals surface area contributed by atoms with E-state index in [1.54, 1.807) is 26.0 Å². The Labute approximate surface area is 225 Å². The van der Waals surface area contributed by atoms with Crippen molar-refractivity contribution in [2.24, 2.45) is 0 Å². The molecule has 0 unspecified atom stereocenters. The molecule has 0 aromatic heterocycles. The number of amides is 1. The van der Waals surface area contributed by atoms with Crippen LogP contribution in [0.3, 0.4) is 0 Å². The minimum atomic E-state index is -4.64. The van der Waals surface area contributed by atoms with Gasteiger partial charge in [-0.3, -0.25) is 9.52 Å². The zero-order valence-electron chi connectivity index (χ0n) is 21.4. The van der Waals surface area contributed by atoms with Crippen LogP contribution >= 0.6 is 0 Å². The molecule has 14 heteroatoms. The third-order valence-electron chi connectivity index (χ3n) is 5.55. The zero-order chi connectivity index (χ0) is 29.2. The van der Waals surface area contributed by atoms with Crippen molar-refractivity contribution in [3.8, 4) is 0 Å². The Morgan fingerprint density at radius 1 is 0.872 bits per heavy atom. The van der Waals surface area contributed by atoms with Gasteiger partial charge < -0.3 is 5.32 Å². The second-order valence-corrected chi connectivity index (χ2v) is 12.6. The highest BCUT2D eigenvalue weighted by atomic mass is 32.2. The van der Waals surface area contributed by atoms with Crippen LogP contribution in [0.2, 0.25) is 0 Å². The van der Waals surface area contributed by atoms with Gasteiger partial charge in [-0.2, -0.15) is 25.9 Å². The van der Waals surface area contributed by atoms with E-state index in [1.165, 1.54) is 32.3 Å². The monoisotopic (exact) mass is 584 g/mol. The number of halogens is 3. The largest absolute Gasteiger partial charge is 0.416 e. The second kappa shape index (κ2) is 11.2. The first-order chi connectivity index (χ1) is 18.0. The molecule has 0 aliphatic heterocycles. The Bertz CT molecular complexity index is 1570. The number of carbonyl (C=O) groups is 1.